The first-order chi connectivity index (χ1) is 27.8. The lowest BCUT2D eigenvalue weighted by Gasteiger charge is -2.30. The lowest BCUT2D eigenvalue weighted by atomic mass is 9.84. The van der Waals surface area contributed by atoms with Gasteiger partial charge in [0.25, 0.3) is 0 Å². The van der Waals surface area contributed by atoms with E-state index < -0.39 is 0 Å². The van der Waals surface area contributed by atoms with Gasteiger partial charge in [0.15, 0.2) is 0 Å². The van der Waals surface area contributed by atoms with E-state index in [9.17, 15) is 0 Å². The van der Waals surface area contributed by atoms with Crippen molar-refractivity contribution in [1.29, 1.82) is 0 Å². The first-order valence-corrected chi connectivity index (χ1v) is 19.7. The highest BCUT2D eigenvalue weighted by Gasteiger charge is 2.30. The Morgan fingerprint density at radius 2 is 1.27 bits per heavy atom. The molecule has 0 saturated heterocycles. The number of nitrogens with one attached hydrogen (secondary N) is 1. The molecular formula is C52H34N4. The van der Waals surface area contributed by atoms with Crippen LogP contribution in [-0.2, 0) is 6.42 Å². The Labute approximate surface area is 322 Å². The van der Waals surface area contributed by atoms with Gasteiger partial charge in [0, 0.05) is 48.8 Å². The Hall–Kier alpha value is -7.17. The normalized spacial score (nSPS) is 16.6. The molecule has 7 aromatic carbocycles. The van der Waals surface area contributed by atoms with Crippen molar-refractivity contribution >= 4 is 88.4 Å². The van der Waals surface area contributed by atoms with Gasteiger partial charge in [0.05, 0.1) is 39.3 Å². The standard InChI is InChI=1S/C52H34N4/c1-2-13-31(14-3-1)33-29-30-38(35-16-5-4-15-34(33)35)48-43-19-6-9-22-44(43)53-52(54-48)56-46-24-11-8-18-37(46)41-27-25-32-26-28-42-40-21-12-20-39-36-17-7-10-23-45(36)55(49(39)40)50(42)47(32)51(41)56/h1-3,5-14,16-30,44H,4,15H2,(H,53,54). The van der Waals surface area contributed by atoms with Gasteiger partial charge >= 0.3 is 0 Å². The zero-order valence-corrected chi connectivity index (χ0v) is 30.5. The van der Waals surface area contributed by atoms with Crippen molar-refractivity contribution in [1.82, 2.24) is 14.3 Å². The molecule has 13 rings (SSSR count). The lowest BCUT2D eigenvalue weighted by Crippen LogP contribution is -2.42. The molecule has 1 N–H and O–H groups in total. The highest BCUT2D eigenvalue weighted by molar-refractivity contribution is 6.33. The molecule has 1 aliphatic heterocycles. The van der Waals surface area contributed by atoms with Crippen LogP contribution in [0.25, 0.3) is 93.6 Å². The molecule has 2 aliphatic carbocycles. The van der Waals surface area contributed by atoms with Crippen molar-refractivity contribution in [2.75, 3.05) is 0 Å². The zero-order chi connectivity index (χ0) is 36.5. The minimum Gasteiger partial charge on any atom is -0.345 e. The number of aromatic nitrogens is 2. The molecular weight excluding hydrogens is 681 g/mol. The third-order valence-electron chi connectivity index (χ3n) is 12.6. The van der Waals surface area contributed by atoms with E-state index in [1.807, 2.05) is 0 Å². The van der Waals surface area contributed by atoms with Crippen LogP contribution >= 0.6 is 0 Å². The van der Waals surface area contributed by atoms with E-state index in [1.165, 1.54) is 98.5 Å². The van der Waals surface area contributed by atoms with Crippen molar-refractivity contribution in [3.05, 3.63) is 186 Å². The summed E-state index contributed by atoms with van der Waals surface area (Å²) in [5.41, 5.74) is 14.7. The van der Waals surface area contributed by atoms with E-state index in [2.05, 4.69) is 184 Å². The monoisotopic (exact) mass is 714 g/mol. The van der Waals surface area contributed by atoms with Crippen LogP contribution in [0.15, 0.2) is 174 Å². The second kappa shape index (κ2) is 11.2. The first kappa shape index (κ1) is 30.2. The number of para-hydroxylation sites is 3. The maximum absolute atomic E-state index is 5.73. The van der Waals surface area contributed by atoms with Crippen LogP contribution in [-0.4, -0.2) is 21.0 Å². The van der Waals surface area contributed by atoms with E-state index in [1.54, 1.807) is 0 Å². The molecule has 0 fully saturated rings. The fourth-order valence-corrected chi connectivity index (χ4v) is 10.2. The average molecular weight is 715 g/mol. The highest BCUT2D eigenvalue weighted by Crippen LogP contribution is 2.45. The second-order valence-corrected chi connectivity index (χ2v) is 15.4. The zero-order valence-electron chi connectivity index (χ0n) is 30.5. The Kier molecular flexibility index (Phi) is 6.03. The van der Waals surface area contributed by atoms with Gasteiger partial charge in [0.2, 0.25) is 5.96 Å². The summed E-state index contributed by atoms with van der Waals surface area (Å²) >= 11 is 0. The molecule has 10 aromatic rings. The average Bonchev–Trinajstić information content (AvgIpc) is 3.91. The largest absolute Gasteiger partial charge is 0.345 e. The summed E-state index contributed by atoms with van der Waals surface area (Å²) in [6, 6.07) is 49.1. The van der Waals surface area contributed by atoms with Crippen LogP contribution in [0.4, 0.5) is 0 Å². The third-order valence-corrected chi connectivity index (χ3v) is 12.6. The molecule has 3 aromatic heterocycles. The molecule has 4 nitrogen and oxygen atoms in total. The molecule has 4 heterocycles. The second-order valence-electron chi connectivity index (χ2n) is 15.4. The smallest absolute Gasteiger partial charge is 0.209 e. The number of rotatable bonds is 2. The van der Waals surface area contributed by atoms with Crippen LogP contribution in [0.2, 0.25) is 0 Å². The summed E-state index contributed by atoms with van der Waals surface area (Å²) in [6.07, 6.45) is 15.5. The molecule has 1 atom stereocenters. The summed E-state index contributed by atoms with van der Waals surface area (Å²) < 4.78 is 4.95. The predicted octanol–water partition coefficient (Wildman–Crippen LogP) is 12.4. The molecule has 0 spiro atoms. The molecule has 56 heavy (non-hydrogen) atoms. The molecule has 0 bridgehead atoms. The summed E-state index contributed by atoms with van der Waals surface area (Å²) in [5, 5.41) is 14.0. The highest BCUT2D eigenvalue weighted by atomic mass is 15.2. The summed E-state index contributed by atoms with van der Waals surface area (Å²) in [7, 11) is 0. The maximum Gasteiger partial charge on any atom is 0.209 e. The van der Waals surface area contributed by atoms with Crippen molar-refractivity contribution in [3.63, 3.8) is 0 Å². The molecule has 262 valence electrons. The van der Waals surface area contributed by atoms with Gasteiger partial charge in [0.1, 0.15) is 0 Å². The van der Waals surface area contributed by atoms with Crippen molar-refractivity contribution in [2.45, 2.75) is 18.9 Å². The molecule has 3 aliphatic rings. The number of aliphatic imine (C=N–C) groups is 1. The minimum atomic E-state index is -0.0336. The van der Waals surface area contributed by atoms with Crippen LogP contribution in [0, 0.1) is 0 Å². The number of fused-ring (bicyclic) bond motifs is 14. The summed E-state index contributed by atoms with van der Waals surface area (Å²) in [4.78, 5) is 5.73. The summed E-state index contributed by atoms with van der Waals surface area (Å²) in [6.45, 7) is 0. The van der Waals surface area contributed by atoms with Gasteiger partial charge in [-0.15, -0.1) is 0 Å². The van der Waals surface area contributed by atoms with Crippen molar-refractivity contribution in [3.8, 4) is 11.1 Å². The molecule has 0 saturated carbocycles. The number of hydrogen-bond donors (Lipinski definition) is 1. The van der Waals surface area contributed by atoms with Crippen molar-refractivity contribution in [2.24, 2.45) is 4.99 Å². The molecule has 4 heteroatoms. The van der Waals surface area contributed by atoms with Crippen molar-refractivity contribution < 1.29 is 0 Å². The predicted molar refractivity (Wildman–Crippen MR) is 236 cm³/mol. The van der Waals surface area contributed by atoms with Gasteiger partial charge in [-0.2, -0.15) is 0 Å². The quantitative estimate of drug-likeness (QED) is 0.190. The Morgan fingerprint density at radius 3 is 2.12 bits per heavy atom. The fraction of sp³-hybridized carbons (Fsp3) is 0.0577. The van der Waals surface area contributed by atoms with Crippen LogP contribution in [0.3, 0.4) is 0 Å². The van der Waals surface area contributed by atoms with E-state index in [4.69, 9.17) is 4.99 Å². The van der Waals surface area contributed by atoms with E-state index >= 15 is 0 Å². The van der Waals surface area contributed by atoms with Gasteiger partial charge < -0.3 is 9.72 Å². The lowest BCUT2D eigenvalue weighted by molar-refractivity contribution is 0.805. The third kappa shape index (κ3) is 3.95. The molecule has 0 amide bonds. The number of benzene rings is 7. The van der Waals surface area contributed by atoms with Gasteiger partial charge in [-0.1, -0.05) is 158 Å². The Bertz CT molecular complexity index is 3490. The SMILES string of the molecule is C1=CC2=C(c3ccc(-c4ccccc4)c4c3C=CCC4)N=C(n3c4ccccc4c4ccc5ccc6c7cccc8c9ccccc9n(c87)c6c5c43)NC2C=C1. The molecule has 1 unspecified atom stereocenters. The van der Waals surface area contributed by atoms with Crippen LogP contribution in [0.1, 0.15) is 23.1 Å². The fourth-order valence-electron chi connectivity index (χ4n) is 10.2. The van der Waals surface area contributed by atoms with E-state index in [0.29, 0.717) is 0 Å². The minimum absolute atomic E-state index is 0.0336. The van der Waals surface area contributed by atoms with Gasteiger partial charge in [-0.25, -0.2) is 4.99 Å². The van der Waals surface area contributed by atoms with Crippen LogP contribution in [0.5, 0.6) is 0 Å². The number of allylic oxidation sites excluding steroid dienone is 3. The van der Waals surface area contributed by atoms with E-state index in [-0.39, 0.29) is 6.04 Å². The first-order valence-electron chi connectivity index (χ1n) is 19.7. The van der Waals surface area contributed by atoms with E-state index in [0.717, 1.165) is 30.0 Å². The molecule has 0 radical (unpaired) electrons. The topological polar surface area (TPSA) is 33.7 Å². The Balaban J connectivity index is 1.15. The van der Waals surface area contributed by atoms with Gasteiger partial charge in [-0.05, 0) is 52.6 Å². The summed E-state index contributed by atoms with van der Waals surface area (Å²) in [5.74, 6) is 0.837. The van der Waals surface area contributed by atoms with Crippen LogP contribution < -0.4 is 5.32 Å². The number of nitrogens with zero attached hydrogens (tertiary/aromatic N) is 3. The number of hydrogen-bond acceptors (Lipinski definition) is 2. The van der Waals surface area contributed by atoms with Gasteiger partial charge in [-0.3, -0.25) is 4.57 Å². The maximum atomic E-state index is 5.73. The Morgan fingerprint density at radius 1 is 0.571 bits per heavy atom.